The third kappa shape index (κ3) is 3.60. The average molecular weight is 266 g/mol. The molecule has 0 spiro atoms. The highest BCUT2D eigenvalue weighted by Crippen LogP contribution is 2.31. The fourth-order valence-corrected chi connectivity index (χ4v) is 2.36. The highest BCUT2D eigenvalue weighted by Gasteiger charge is 2.08. The Morgan fingerprint density at radius 3 is 1.80 bits per heavy atom. The van der Waals surface area contributed by atoms with E-state index >= 15 is 0 Å². The Kier molecular flexibility index (Phi) is 5.76. The zero-order valence-electron chi connectivity index (χ0n) is 13.7. The molecule has 0 fully saturated rings. The van der Waals surface area contributed by atoms with Crippen molar-refractivity contribution in [1.82, 2.24) is 0 Å². The maximum atomic E-state index is 4.10. The van der Waals surface area contributed by atoms with Crippen molar-refractivity contribution in [3.05, 3.63) is 65.2 Å². The lowest BCUT2D eigenvalue weighted by Crippen LogP contribution is -1.91. The molecular formula is C20H26. The van der Waals surface area contributed by atoms with Crippen LogP contribution in [0.15, 0.2) is 43.0 Å². The topological polar surface area (TPSA) is 0 Å². The van der Waals surface area contributed by atoms with Crippen LogP contribution in [0.2, 0.25) is 0 Å². The largest absolute Gasteiger partial charge is 0.0955 e. The van der Waals surface area contributed by atoms with Gasteiger partial charge in [-0.2, -0.15) is 0 Å². The molecule has 2 aromatic carbocycles. The van der Waals surface area contributed by atoms with E-state index in [1.54, 1.807) is 0 Å². The SMILES string of the molecule is C=C(C)c1cc(C)ccc1-c1ccc(C)cc1C.CC. The predicted molar refractivity (Wildman–Crippen MR) is 92.1 cm³/mol. The molecule has 2 rings (SSSR count). The average Bonchev–Trinajstić information content (AvgIpc) is 2.41. The van der Waals surface area contributed by atoms with Crippen molar-refractivity contribution >= 4 is 5.57 Å². The summed E-state index contributed by atoms with van der Waals surface area (Å²) in [5.41, 5.74) is 8.86. The van der Waals surface area contributed by atoms with Crippen LogP contribution in [0.4, 0.5) is 0 Å². The van der Waals surface area contributed by atoms with Crippen LogP contribution in [0.3, 0.4) is 0 Å². The Labute approximate surface area is 124 Å². The van der Waals surface area contributed by atoms with Crippen molar-refractivity contribution < 1.29 is 0 Å². The molecule has 0 N–H and O–H groups in total. The Morgan fingerprint density at radius 2 is 1.30 bits per heavy atom. The standard InChI is InChI=1S/C18H20.C2H6/c1-12(2)18-11-14(4)7-9-17(18)16-8-6-13(3)10-15(16)5;1-2/h6-11H,1H2,2-5H3;1-2H3. The van der Waals surface area contributed by atoms with Crippen molar-refractivity contribution in [2.24, 2.45) is 0 Å². The molecular weight excluding hydrogens is 240 g/mol. The van der Waals surface area contributed by atoms with Crippen LogP contribution in [-0.2, 0) is 0 Å². The minimum absolute atomic E-state index is 1.12. The third-order valence-electron chi connectivity index (χ3n) is 3.31. The molecule has 0 atom stereocenters. The number of hydrogen-bond donors (Lipinski definition) is 0. The zero-order chi connectivity index (χ0) is 15.3. The summed E-state index contributed by atoms with van der Waals surface area (Å²) in [6.45, 7) is 16.6. The van der Waals surface area contributed by atoms with E-state index in [0.717, 1.165) is 5.57 Å². The minimum atomic E-state index is 1.12. The second-order valence-corrected chi connectivity index (χ2v) is 5.15. The number of aryl methyl sites for hydroxylation is 3. The van der Waals surface area contributed by atoms with E-state index in [0.29, 0.717) is 0 Å². The quantitative estimate of drug-likeness (QED) is 0.595. The first-order chi connectivity index (χ1) is 9.49. The number of allylic oxidation sites excluding steroid dienone is 1. The Hall–Kier alpha value is -1.82. The summed E-state index contributed by atoms with van der Waals surface area (Å²) in [7, 11) is 0. The van der Waals surface area contributed by atoms with Gasteiger partial charge in [0, 0.05) is 0 Å². The van der Waals surface area contributed by atoms with Gasteiger partial charge in [-0.3, -0.25) is 0 Å². The molecule has 0 saturated carbocycles. The summed E-state index contributed by atoms with van der Waals surface area (Å²) in [6.07, 6.45) is 0. The minimum Gasteiger partial charge on any atom is -0.0955 e. The van der Waals surface area contributed by atoms with E-state index in [1.165, 1.54) is 33.4 Å². The van der Waals surface area contributed by atoms with Crippen molar-refractivity contribution in [1.29, 1.82) is 0 Å². The first kappa shape index (κ1) is 16.2. The fraction of sp³-hybridized carbons (Fsp3) is 0.300. The fourth-order valence-electron chi connectivity index (χ4n) is 2.36. The van der Waals surface area contributed by atoms with Crippen LogP contribution in [0.25, 0.3) is 16.7 Å². The van der Waals surface area contributed by atoms with Crippen LogP contribution in [0.5, 0.6) is 0 Å². The second-order valence-electron chi connectivity index (χ2n) is 5.15. The van der Waals surface area contributed by atoms with Gasteiger partial charge in [-0.05, 0) is 49.9 Å². The van der Waals surface area contributed by atoms with Crippen molar-refractivity contribution in [3.8, 4) is 11.1 Å². The summed E-state index contributed by atoms with van der Waals surface area (Å²) >= 11 is 0. The highest BCUT2D eigenvalue weighted by molar-refractivity contribution is 5.81. The van der Waals surface area contributed by atoms with Gasteiger partial charge in [-0.1, -0.05) is 73.5 Å². The van der Waals surface area contributed by atoms with Gasteiger partial charge in [-0.15, -0.1) is 0 Å². The molecule has 20 heavy (non-hydrogen) atoms. The van der Waals surface area contributed by atoms with Crippen LogP contribution < -0.4 is 0 Å². The molecule has 0 aliphatic carbocycles. The Bertz CT molecular complexity index is 603. The molecule has 0 aromatic heterocycles. The predicted octanol–water partition coefficient (Wildman–Crippen LogP) is 6.34. The van der Waals surface area contributed by atoms with Gasteiger partial charge in [0.1, 0.15) is 0 Å². The lowest BCUT2D eigenvalue weighted by molar-refractivity contribution is 1.37. The van der Waals surface area contributed by atoms with Gasteiger partial charge >= 0.3 is 0 Å². The first-order valence-electron chi connectivity index (χ1n) is 7.33. The van der Waals surface area contributed by atoms with E-state index in [1.807, 2.05) is 13.8 Å². The Balaban J connectivity index is 0.000000956. The van der Waals surface area contributed by atoms with Gasteiger partial charge in [0.25, 0.3) is 0 Å². The van der Waals surface area contributed by atoms with Gasteiger partial charge in [-0.25, -0.2) is 0 Å². The van der Waals surface area contributed by atoms with E-state index in [2.05, 4.69) is 70.7 Å². The van der Waals surface area contributed by atoms with Crippen molar-refractivity contribution in [2.75, 3.05) is 0 Å². The molecule has 0 aliphatic rings. The lowest BCUT2D eigenvalue weighted by atomic mass is 9.91. The smallest absolute Gasteiger partial charge is 0.0106 e. The molecule has 2 aromatic rings. The van der Waals surface area contributed by atoms with E-state index in [9.17, 15) is 0 Å². The van der Waals surface area contributed by atoms with Gasteiger partial charge in [0.2, 0.25) is 0 Å². The van der Waals surface area contributed by atoms with Crippen molar-refractivity contribution in [2.45, 2.75) is 41.5 Å². The highest BCUT2D eigenvalue weighted by atomic mass is 14.1. The van der Waals surface area contributed by atoms with Gasteiger partial charge in [0.05, 0.1) is 0 Å². The van der Waals surface area contributed by atoms with Gasteiger partial charge in [0.15, 0.2) is 0 Å². The molecule has 0 unspecified atom stereocenters. The summed E-state index contributed by atoms with van der Waals surface area (Å²) in [5, 5.41) is 0. The molecule has 0 bridgehead atoms. The molecule has 0 aliphatic heterocycles. The second kappa shape index (κ2) is 7.09. The van der Waals surface area contributed by atoms with Crippen LogP contribution in [-0.4, -0.2) is 0 Å². The van der Waals surface area contributed by atoms with Crippen LogP contribution in [0, 0.1) is 20.8 Å². The molecule has 0 saturated heterocycles. The summed E-state index contributed by atoms with van der Waals surface area (Å²) < 4.78 is 0. The molecule has 0 heteroatoms. The molecule has 0 radical (unpaired) electrons. The number of rotatable bonds is 2. The van der Waals surface area contributed by atoms with Gasteiger partial charge < -0.3 is 0 Å². The van der Waals surface area contributed by atoms with Crippen LogP contribution in [0.1, 0.15) is 43.0 Å². The van der Waals surface area contributed by atoms with Crippen molar-refractivity contribution in [3.63, 3.8) is 0 Å². The zero-order valence-corrected chi connectivity index (χ0v) is 13.7. The Morgan fingerprint density at radius 1 is 0.800 bits per heavy atom. The van der Waals surface area contributed by atoms with E-state index in [4.69, 9.17) is 0 Å². The summed E-state index contributed by atoms with van der Waals surface area (Å²) in [5.74, 6) is 0. The number of benzene rings is 2. The molecule has 106 valence electrons. The number of hydrogen-bond acceptors (Lipinski definition) is 0. The first-order valence-corrected chi connectivity index (χ1v) is 7.33. The molecule has 0 nitrogen and oxygen atoms in total. The third-order valence-corrected chi connectivity index (χ3v) is 3.31. The molecule has 0 amide bonds. The maximum Gasteiger partial charge on any atom is -0.0106 e. The normalized spacial score (nSPS) is 9.70. The maximum absolute atomic E-state index is 4.10. The van der Waals surface area contributed by atoms with E-state index in [-0.39, 0.29) is 0 Å². The lowest BCUT2D eigenvalue weighted by Gasteiger charge is -2.13. The van der Waals surface area contributed by atoms with Crippen LogP contribution >= 0.6 is 0 Å². The monoisotopic (exact) mass is 266 g/mol. The van der Waals surface area contributed by atoms with E-state index < -0.39 is 0 Å². The summed E-state index contributed by atoms with van der Waals surface area (Å²) in [4.78, 5) is 0. The molecule has 0 heterocycles. The summed E-state index contributed by atoms with van der Waals surface area (Å²) in [6, 6.07) is 13.2.